The van der Waals surface area contributed by atoms with Crippen LogP contribution in [-0.2, 0) is 11.6 Å². The third-order valence-corrected chi connectivity index (χ3v) is 5.41. The number of carbonyl (C=O) groups is 1. The lowest BCUT2D eigenvalue weighted by molar-refractivity contribution is -0.137. The molecule has 0 saturated carbocycles. The van der Waals surface area contributed by atoms with E-state index in [-0.39, 0.29) is 17.0 Å². The first kappa shape index (κ1) is 21.0. The largest absolute Gasteiger partial charge is 0.496 e. The highest BCUT2D eigenvalue weighted by Gasteiger charge is 2.46. The summed E-state index contributed by atoms with van der Waals surface area (Å²) in [4.78, 5) is 14.9. The Bertz CT molecular complexity index is 1130. The van der Waals surface area contributed by atoms with E-state index < -0.39 is 17.8 Å². The lowest BCUT2D eigenvalue weighted by atomic mass is 9.85. The minimum atomic E-state index is -4.46. The predicted molar refractivity (Wildman–Crippen MR) is 110 cm³/mol. The van der Waals surface area contributed by atoms with Crippen LogP contribution >= 0.6 is 0 Å². The van der Waals surface area contributed by atoms with Crippen LogP contribution in [0.2, 0.25) is 0 Å². The van der Waals surface area contributed by atoms with Crippen LogP contribution in [-0.4, -0.2) is 23.2 Å². The molecule has 162 valence electrons. The average molecular weight is 429 g/mol. The summed E-state index contributed by atoms with van der Waals surface area (Å²) < 4.78 is 44.7. The maximum Gasteiger partial charge on any atom is 0.416 e. The van der Waals surface area contributed by atoms with E-state index in [2.05, 4.69) is 10.2 Å². The molecule has 0 unspecified atom stereocenters. The lowest BCUT2D eigenvalue weighted by Crippen LogP contribution is -2.30. The van der Waals surface area contributed by atoms with Crippen LogP contribution in [0.25, 0.3) is 0 Å². The average Bonchev–Trinajstić information content (AvgIpc) is 3.26. The monoisotopic (exact) mass is 429 g/mol. The van der Waals surface area contributed by atoms with Crippen LogP contribution in [0.5, 0.6) is 5.75 Å². The zero-order chi connectivity index (χ0) is 22.6. The van der Waals surface area contributed by atoms with Gasteiger partial charge in [-0.1, -0.05) is 39.0 Å². The van der Waals surface area contributed by atoms with Gasteiger partial charge in [0.05, 0.1) is 18.7 Å². The van der Waals surface area contributed by atoms with E-state index >= 15 is 0 Å². The number of aromatic nitrogens is 2. The van der Waals surface area contributed by atoms with Crippen molar-refractivity contribution in [3.05, 3.63) is 76.6 Å². The summed E-state index contributed by atoms with van der Waals surface area (Å²) in [7, 11) is 1.54. The number of alkyl halides is 3. The summed E-state index contributed by atoms with van der Waals surface area (Å²) in [6.07, 6.45) is -4.46. The highest BCUT2D eigenvalue weighted by Crippen LogP contribution is 2.47. The van der Waals surface area contributed by atoms with E-state index in [1.54, 1.807) is 13.2 Å². The number of nitrogens with one attached hydrogen (secondary N) is 1. The molecule has 1 N–H and O–H groups in total. The normalized spacial score (nSPS) is 16.5. The first-order valence-electron chi connectivity index (χ1n) is 9.76. The zero-order valence-corrected chi connectivity index (χ0v) is 17.5. The molecule has 2 heterocycles. The number of anilines is 1. The van der Waals surface area contributed by atoms with Crippen molar-refractivity contribution in [2.45, 2.75) is 38.4 Å². The summed E-state index contributed by atoms with van der Waals surface area (Å²) in [6, 6.07) is 11.3. The molecule has 0 aliphatic carbocycles. The van der Waals surface area contributed by atoms with Gasteiger partial charge in [-0.05, 0) is 30.3 Å². The Morgan fingerprint density at radius 1 is 1.03 bits per heavy atom. The number of halogens is 3. The van der Waals surface area contributed by atoms with E-state index in [1.165, 1.54) is 17.0 Å². The van der Waals surface area contributed by atoms with Crippen LogP contribution in [0, 0.1) is 0 Å². The number of para-hydroxylation sites is 1. The molecule has 0 radical (unpaired) electrons. The molecule has 5 nitrogen and oxygen atoms in total. The van der Waals surface area contributed by atoms with Gasteiger partial charge in [-0.25, -0.2) is 0 Å². The maximum atomic E-state index is 13.4. The minimum absolute atomic E-state index is 0.265. The van der Waals surface area contributed by atoms with Crippen molar-refractivity contribution in [3.8, 4) is 5.75 Å². The predicted octanol–water partition coefficient (Wildman–Crippen LogP) is 5.48. The Morgan fingerprint density at radius 3 is 2.26 bits per heavy atom. The number of carbonyl (C=O) groups excluding carboxylic acids is 1. The number of methoxy groups -OCH3 is 1. The van der Waals surface area contributed by atoms with Crippen molar-refractivity contribution in [2.24, 2.45) is 0 Å². The van der Waals surface area contributed by atoms with Crippen LogP contribution in [0.1, 0.15) is 59.7 Å². The van der Waals surface area contributed by atoms with Crippen molar-refractivity contribution < 1.29 is 22.7 Å². The van der Waals surface area contributed by atoms with E-state index in [0.717, 1.165) is 23.4 Å². The van der Waals surface area contributed by atoms with Gasteiger partial charge in [0.2, 0.25) is 0 Å². The molecule has 1 aliphatic heterocycles. The van der Waals surface area contributed by atoms with Crippen LogP contribution in [0.3, 0.4) is 0 Å². The van der Waals surface area contributed by atoms with Crippen LogP contribution < -0.4 is 9.64 Å². The summed E-state index contributed by atoms with van der Waals surface area (Å²) in [6.45, 7) is 6.02. The molecule has 2 aromatic carbocycles. The fourth-order valence-electron chi connectivity index (χ4n) is 3.98. The van der Waals surface area contributed by atoms with Gasteiger partial charge in [-0.2, -0.15) is 18.3 Å². The Morgan fingerprint density at radius 2 is 1.68 bits per heavy atom. The number of fused-ring (bicyclic) bond motifs is 1. The number of hydrogen-bond acceptors (Lipinski definition) is 3. The number of hydrogen-bond donors (Lipinski definition) is 1. The molecule has 1 atom stereocenters. The highest BCUT2D eigenvalue weighted by atomic mass is 19.4. The molecule has 1 aromatic heterocycles. The van der Waals surface area contributed by atoms with Crippen LogP contribution in [0.4, 0.5) is 18.9 Å². The quantitative estimate of drug-likeness (QED) is 0.599. The number of H-pyrrole nitrogens is 1. The first-order chi connectivity index (χ1) is 14.5. The molecule has 4 rings (SSSR count). The van der Waals surface area contributed by atoms with Crippen molar-refractivity contribution in [2.75, 3.05) is 12.0 Å². The Balaban J connectivity index is 1.92. The van der Waals surface area contributed by atoms with Gasteiger partial charge in [0.1, 0.15) is 5.75 Å². The molecule has 1 amide bonds. The second-order valence-electron chi connectivity index (χ2n) is 8.48. The van der Waals surface area contributed by atoms with Gasteiger partial charge in [-0.15, -0.1) is 0 Å². The van der Waals surface area contributed by atoms with Crippen molar-refractivity contribution >= 4 is 11.6 Å². The van der Waals surface area contributed by atoms with E-state index in [0.29, 0.717) is 17.0 Å². The van der Waals surface area contributed by atoms with Gasteiger partial charge in [-0.3, -0.25) is 14.8 Å². The molecule has 3 aromatic rings. The van der Waals surface area contributed by atoms with Gasteiger partial charge < -0.3 is 4.74 Å². The third-order valence-electron chi connectivity index (χ3n) is 5.41. The number of amides is 1. The fourth-order valence-corrected chi connectivity index (χ4v) is 3.98. The highest BCUT2D eigenvalue weighted by molar-refractivity contribution is 6.10. The minimum Gasteiger partial charge on any atom is -0.496 e. The second kappa shape index (κ2) is 7.14. The number of benzene rings is 2. The summed E-state index contributed by atoms with van der Waals surface area (Å²) in [5, 5.41) is 7.27. The second-order valence-corrected chi connectivity index (χ2v) is 8.48. The smallest absolute Gasteiger partial charge is 0.416 e. The standard InChI is InChI=1S/C23H22F3N3O2/c1-22(2,3)20-17-18(27-28-20)21(30)29(14-11-9-13(10-12-14)23(24,25)26)19(17)15-7-5-6-8-16(15)31-4/h5-12,19H,1-4H3,(H,27,28)/t19-/m0/s1. The third kappa shape index (κ3) is 3.45. The Labute approximate surface area is 177 Å². The first-order valence-corrected chi connectivity index (χ1v) is 9.76. The number of nitrogens with zero attached hydrogens (tertiary/aromatic N) is 2. The Hall–Kier alpha value is -3.29. The SMILES string of the molecule is COc1ccccc1[C@H]1c2c(n[nH]c2C(C)(C)C)C(=O)N1c1ccc(C(F)(F)F)cc1. The maximum absolute atomic E-state index is 13.4. The molecular weight excluding hydrogens is 407 g/mol. The molecule has 0 bridgehead atoms. The number of aromatic amines is 1. The molecule has 0 fully saturated rings. The lowest BCUT2D eigenvalue weighted by Gasteiger charge is -2.29. The molecule has 0 saturated heterocycles. The molecular formula is C23H22F3N3O2. The zero-order valence-electron chi connectivity index (χ0n) is 17.5. The molecule has 0 spiro atoms. The topological polar surface area (TPSA) is 58.2 Å². The van der Waals surface area contributed by atoms with Gasteiger partial charge in [0, 0.05) is 27.9 Å². The number of ether oxygens (including phenoxy) is 1. The van der Waals surface area contributed by atoms with Gasteiger partial charge in [0.25, 0.3) is 5.91 Å². The number of rotatable bonds is 3. The van der Waals surface area contributed by atoms with Gasteiger partial charge >= 0.3 is 6.18 Å². The summed E-state index contributed by atoms with van der Waals surface area (Å²) in [5.41, 5.74) is 1.74. The van der Waals surface area contributed by atoms with E-state index in [9.17, 15) is 18.0 Å². The van der Waals surface area contributed by atoms with E-state index in [1.807, 2.05) is 39.0 Å². The van der Waals surface area contributed by atoms with Gasteiger partial charge in [0.15, 0.2) is 5.69 Å². The summed E-state index contributed by atoms with van der Waals surface area (Å²) >= 11 is 0. The summed E-state index contributed by atoms with van der Waals surface area (Å²) in [5.74, 6) is 0.198. The fraction of sp³-hybridized carbons (Fsp3) is 0.304. The molecule has 1 aliphatic rings. The Kier molecular flexibility index (Phi) is 4.83. The van der Waals surface area contributed by atoms with E-state index in [4.69, 9.17) is 4.74 Å². The molecule has 31 heavy (non-hydrogen) atoms. The van der Waals surface area contributed by atoms with Crippen molar-refractivity contribution in [1.29, 1.82) is 0 Å². The van der Waals surface area contributed by atoms with Crippen molar-refractivity contribution in [3.63, 3.8) is 0 Å². The van der Waals surface area contributed by atoms with Crippen molar-refractivity contribution in [1.82, 2.24) is 10.2 Å². The molecule has 8 heteroatoms. The van der Waals surface area contributed by atoms with Crippen LogP contribution in [0.15, 0.2) is 48.5 Å².